The van der Waals surface area contributed by atoms with E-state index in [9.17, 15) is 9.90 Å². The molecule has 2 aliphatic rings. The average molecular weight is 261 g/mol. The molecule has 19 heavy (non-hydrogen) atoms. The number of piperidine rings is 1. The fraction of sp³-hybridized carbons (Fsp3) is 0.533. The third-order valence-electron chi connectivity index (χ3n) is 4.23. The molecule has 1 aromatic carbocycles. The summed E-state index contributed by atoms with van der Waals surface area (Å²) in [5.41, 5.74) is 0.973. The highest BCUT2D eigenvalue weighted by atomic mass is 16.5. The zero-order chi connectivity index (χ0) is 13.4. The predicted octanol–water partition coefficient (Wildman–Crippen LogP) is 1.39. The molecule has 4 heteroatoms. The number of nitrogens with zero attached hydrogens (tertiary/aromatic N) is 1. The Morgan fingerprint density at radius 1 is 1.42 bits per heavy atom. The second kappa shape index (κ2) is 4.85. The lowest BCUT2D eigenvalue weighted by atomic mass is 9.93. The summed E-state index contributed by atoms with van der Waals surface area (Å²) < 4.78 is 5.56. The van der Waals surface area contributed by atoms with Crippen molar-refractivity contribution in [1.29, 1.82) is 0 Å². The molecule has 0 radical (unpaired) electrons. The lowest BCUT2D eigenvalue weighted by Gasteiger charge is -2.35. The number of benzene rings is 1. The molecule has 0 saturated carbocycles. The summed E-state index contributed by atoms with van der Waals surface area (Å²) in [6.45, 7) is 3.62. The molecule has 1 amide bonds. The van der Waals surface area contributed by atoms with Crippen LogP contribution in [0.15, 0.2) is 24.3 Å². The number of rotatable bonds is 1. The largest absolute Gasteiger partial charge is 0.492 e. The van der Waals surface area contributed by atoms with E-state index in [2.05, 4.69) is 0 Å². The molecule has 2 aliphatic heterocycles. The molecule has 3 atom stereocenters. The van der Waals surface area contributed by atoms with Crippen molar-refractivity contribution in [3.63, 3.8) is 0 Å². The summed E-state index contributed by atoms with van der Waals surface area (Å²) in [4.78, 5) is 14.3. The van der Waals surface area contributed by atoms with Crippen LogP contribution >= 0.6 is 0 Å². The van der Waals surface area contributed by atoms with Gasteiger partial charge in [0.05, 0.1) is 6.10 Å². The van der Waals surface area contributed by atoms with E-state index < -0.39 is 6.10 Å². The van der Waals surface area contributed by atoms with Crippen LogP contribution in [0.4, 0.5) is 0 Å². The highest BCUT2D eigenvalue weighted by Crippen LogP contribution is 2.35. The predicted molar refractivity (Wildman–Crippen MR) is 71.0 cm³/mol. The van der Waals surface area contributed by atoms with Crippen molar-refractivity contribution in [1.82, 2.24) is 4.90 Å². The molecule has 1 fully saturated rings. The van der Waals surface area contributed by atoms with Crippen LogP contribution in [0, 0.1) is 5.92 Å². The number of aliphatic hydroxyl groups is 1. The van der Waals surface area contributed by atoms with Gasteiger partial charge in [-0.15, -0.1) is 0 Å². The van der Waals surface area contributed by atoms with E-state index in [1.54, 1.807) is 4.90 Å². The fourth-order valence-corrected chi connectivity index (χ4v) is 2.84. The third-order valence-corrected chi connectivity index (χ3v) is 4.23. The van der Waals surface area contributed by atoms with E-state index in [1.165, 1.54) is 0 Å². The van der Waals surface area contributed by atoms with Gasteiger partial charge < -0.3 is 14.7 Å². The van der Waals surface area contributed by atoms with Gasteiger partial charge >= 0.3 is 0 Å². The topological polar surface area (TPSA) is 49.8 Å². The van der Waals surface area contributed by atoms with Crippen LogP contribution in [0.5, 0.6) is 5.75 Å². The number of para-hydroxylation sites is 1. The molecule has 1 N–H and O–H groups in total. The highest BCUT2D eigenvalue weighted by Gasteiger charge is 2.36. The van der Waals surface area contributed by atoms with Crippen molar-refractivity contribution >= 4 is 5.91 Å². The monoisotopic (exact) mass is 261 g/mol. The van der Waals surface area contributed by atoms with Crippen LogP contribution in [0.1, 0.15) is 24.8 Å². The molecule has 3 unspecified atom stereocenters. The van der Waals surface area contributed by atoms with Crippen molar-refractivity contribution < 1.29 is 14.6 Å². The van der Waals surface area contributed by atoms with Crippen molar-refractivity contribution in [2.24, 2.45) is 5.92 Å². The van der Waals surface area contributed by atoms with Gasteiger partial charge in [-0.3, -0.25) is 4.79 Å². The lowest BCUT2D eigenvalue weighted by Crippen LogP contribution is -2.47. The summed E-state index contributed by atoms with van der Waals surface area (Å²) >= 11 is 0. The summed E-state index contributed by atoms with van der Waals surface area (Å²) in [5, 5.41) is 9.91. The smallest absolute Gasteiger partial charge is 0.233 e. The molecule has 0 spiro atoms. The van der Waals surface area contributed by atoms with E-state index in [4.69, 9.17) is 4.74 Å². The van der Waals surface area contributed by atoms with Crippen LogP contribution < -0.4 is 4.74 Å². The van der Waals surface area contributed by atoms with Gasteiger partial charge in [0, 0.05) is 18.7 Å². The Morgan fingerprint density at radius 3 is 3.00 bits per heavy atom. The maximum absolute atomic E-state index is 12.6. The number of hydrogen-bond donors (Lipinski definition) is 1. The van der Waals surface area contributed by atoms with Gasteiger partial charge in [0.2, 0.25) is 5.91 Å². The second-order valence-electron chi connectivity index (χ2n) is 5.52. The van der Waals surface area contributed by atoms with Crippen molar-refractivity contribution in [3.05, 3.63) is 29.8 Å². The van der Waals surface area contributed by atoms with Gasteiger partial charge in [-0.05, 0) is 18.4 Å². The number of β-amino-alcohol motifs (C(OH)–C–C–N with tert-alkyl or cyclic N) is 1. The normalized spacial score (nSPS) is 29.8. The average Bonchev–Trinajstić information content (AvgIpc) is 2.85. The SMILES string of the molecule is CC1CCN(C(=O)C2COc3ccccc32)CC1O. The molecule has 2 heterocycles. The first-order valence-electron chi connectivity index (χ1n) is 6.85. The molecular weight excluding hydrogens is 242 g/mol. The maximum Gasteiger partial charge on any atom is 0.233 e. The Labute approximate surface area is 113 Å². The highest BCUT2D eigenvalue weighted by molar-refractivity contribution is 5.85. The van der Waals surface area contributed by atoms with Crippen LogP contribution in [0.2, 0.25) is 0 Å². The minimum Gasteiger partial charge on any atom is -0.492 e. The van der Waals surface area contributed by atoms with Crippen LogP contribution in [0.25, 0.3) is 0 Å². The minimum absolute atomic E-state index is 0.0795. The Bertz CT molecular complexity index is 488. The van der Waals surface area contributed by atoms with E-state index in [0.717, 1.165) is 24.3 Å². The number of hydrogen-bond acceptors (Lipinski definition) is 3. The van der Waals surface area contributed by atoms with Gasteiger partial charge in [0.15, 0.2) is 0 Å². The number of amides is 1. The molecule has 0 bridgehead atoms. The Balaban J connectivity index is 1.75. The van der Waals surface area contributed by atoms with Crippen molar-refractivity contribution in [3.8, 4) is 5.75 Å². The molecule has 1 aromatic rings. The van der Waals surface area contributed by atoms with E-state index in [-0.39, 0.29) is 17.7 Å². The molecule has 0 aromatic heterocycles. The summed E-state index contributed by atoms with van der Waals surface area (Å²) in [6, 6.07) is 7.70. The van der Waals surface area contributed by atoms with Gasteiger partial charge in [-0.25, -0.2) is 0 Å². The Kier molecular flexibility index (Phi) is 3.19. The van der Waals surface area contributed by atoms with Gasteiger partial charge in [0.25, 0.3) is 0 Å². The zero-order valence-corrected chi connectivity index (χ0v) is 11.1. The Morgan fingerprint density at radius 2 is 2.21 bits per heavy atom. The summed E-state index contributed by atoms with van der Waals surface area (Å²) in [7, 11) is 0. The first-order valence-corrected chi connectivity index (χ1v) is 6.85. The number of carbonyl (C=O) groups is 1. The Hall–Kier alpha value is -1.55. The second-order valence-corrected chi connectivity index (χ2v) is 5.52. The third kappa shape index (κ3) is 2.21. The van der Waals surface area contributed by atoms with Crippen molar-refractivity contribution in [2.45, 2.75) is 25.4 Å². The van der Waals surface area contributed by atoms with Gasteiger partial charge in [-0.1, -0.05) is 25.1 Å². The molecule has 0 aliphatic carbocycles. The van der Waals surface area contributed by atoms with Gasteiger partial charge in [0.1, 0.15) is 18.3 Å². The standard InChI is InChI=1S/C15H19NO3/c1-10-6-7-16(8-13(10)17)15(18)12-9-19-14-5-3-2-4-11(12)14/h2-5,10,12-13,17H,6-9H2,1H3. The number of likely N-dealkylation sites (tertiary alicyclic amines) is 1. The first-order chi connectivity index (χ1) is 9.16. The number of ether oxygens (including phenoxy) is 1. The maximum atomic E-state index is 12.6. The van der Waals surface area contributed by atoms with E-state index in [0.29, 0.717) is 13.2 Å². The number of aliphatic hydroxyl groups excluding tert-OH is 1. The fourth-order valence-electron chi connectivity index (χ4n) is 2.84. The van der Waals surface area contributed by atoms with Crippen molar-refractivity contribution in [2.75, 3.05) is 19.7 Å². The molecule has 102 valence electrons. The summed E-state index contributed by atoms with van der Waals surface area (Å²) in [6.07, 6.45) is 0.456. The molecule has 1 saturated heterocycles. The van der Waals surface area contributed by atoms with E-state index in [1.807, 2.05) is 31.2 Å². The number of carbonyl (C=O) groups excluding carboxylic acids is 1. The molecule has 4 nitrogen and oxygen atoms in total. The van der Waals surface area contributed by atoms with Crippen LogP contribution in [-0.2, 0) is 4.79 Å². The first kappa shape index (κ1) is 12.5. The molecular formula is C15H19NO3. The van der Waals surface area contributed by atoms with Crippen LogP contribution in [-0.4, -0.2) is 41.7 Å². The quantitative estimate of drug-likeness (QED) is 0.831. The molecule has 3 rings (SSSR count). The number of fused-ring (bicyclic) bond motifs is 1. The van der Waals surface area contributed by atoms with Crippen LogP contribution in [0.3, 0.4) is 0 Å². The summed E-state index contributed by atoms with van der Waals surface area (Å²) in [5.74, 6) is 0.954. The lowest BCUT2D eigenvalue weighted by molar-refractivity contribution is -0.137. The van der Waals surface area contributed by atoms with Gasteiger partial charge in [-0.2, -0.15) is 0 Å². The van der Waals surface area contributed by atoms with E-state index >= 15 is 0 Å². The minimum atomic E-state index is -0.407. The zero-order valence-electron chi connectivity index (χ0n) is 11.1.